The Hall–Kier alpha value is -1.79. The van der Waals surface area contributed by atoms with Crippen molar-refractivity contribution in [3.05, 3.63) is 36.5 Å². The molecular formula is C61H113NO13. The van der Waals surface area contributed by atoms with Crippen LogP contribution in [0.2, 0.25) is 0 Å². The number of hydrogen-bond donors (Lipinski definition) is 9. The molecule has 2 aliphatic rings. The number of hydrogen-bond acceptors (Lipinski definition) is 13. The fourth-order valence-electron chi connectivity index (χ4n) is 10.1. The molecule has 440 valence electrons. The Morgan fingerprint density at radius 1 is 0.467 bits per heavy atom. The minimum absolute atomic E-state index is 0.256. The second-order valence-electron chi connectivity index (χ2n) is 21.8. The van der Waals surface area contributed by atoms with Gasteiger partial charge in [-0.2, -0.15) is 0 Å². The van der Waals surface area contributed by atoms with Gasteiger partial charge in [-0.25, -0.2) is 0 Å². The van der Waals surface area contributed by atoms with Crippen LogP contribution in [0.5, 0.6) is 0 Å². The lowest BCUT2D eigenvalue weighted by atomic mass is 9.97. The molecule has 14 nitrogen and oxygen atoms in total. The molecule has 0 spiro atoms. The molecule has 0 radical (unpaired) electrons. The minimum atomic E-state index is -1.79. The summed E-state index contributed by atoms with van der Waals surface area (Å²) in [5.74, 6) is -0.256. The summed E-state index contributed by atoms with van der Waals surface area (Å²) in [7, 11) is 0. The van der Waals surface area contributed by atoms with Crippen LogP contribution in [0.3, 0.4) is 0 Å². The average molecular weight is 1070 g/mol. The smallest absolute Gasteiger partial charge is 0.220 e. The molecule has 2 saturated heterocycles. The molecule has 2 heterocycles. The monoisotopic (exact) mass is 1070 g/mol. The van der Waals surface area contributed by atoms with E-state index in [1.54, 1.807) is 6.08 Å². The summed E-state index contributed by atoms with van der Waals surface area (Å²) in [5, 5.41) is 87.1. The Balaban J connectivity index is 1.75. The zero-order valence-corrected chi connectivity index (χ0v) is 47.3. The molecule has 0 aromatic heterocycles. The van der Waals surface area contributed by atoms with Crippen molar-refractivity contribution < 1.29 is 64.6 Å². The molecule has 12 atom stereocenters. The minimum Gasteiger partial charge on any atom is -0.394 e. The predicted octanol–water partition coefficient (Wildman–Crippen LogP) is 10.6. The van der Waals surface area contributed by atoms with Gasteiger partial charge in [-0.05, 0) is 57.8 Å². The van der Waals surface area contributed by atoms with Crippen molar-refractivity contribution >= 4 is 5.91 Å². The van der Waals surface area contributed by atoms with Gasteiger partial charge < -0.3 is 65.1 Å². The zero-order chi connectivity index (χ0) is 54.6. The first-order valence-electron chi connectivity index (χ1n) is 30.7. The van der Waals surface area contributed by atoms with E-state index >= 15 is 0 Å². The first-order valence-corrected chi connectivity index (χ1v) is 30.7. The molecule has 0 saturated carbocycles. The van der Waals surface area contributed by atoms with Gasteiger partial charge in [-0.3, -0.25) is 4.79 Å². The van der Waals surface area contributed by atoms with Crippen LogP contribution in [0.1, 0.15) is 251 Å². The number of aliphatic hydroxyl groups excluding tert-OH is 8. The third-order valence-corrected chi connectivity index (χ3v) is 15.0. The largest absolute Gasteiger partial charge is 0.394 e. The lowest BCUT2D eigenvalue weighted by Gasteiger charge is -2.46. The van der Waals surface area contributed by atoms with E-state index in [0.717, 1.165) is 51.4 Å². The number of carbonyl (C=O) groups excluding carboxylic acids is 1. The van der Waals surface area contributed by atoms with Crippen molar-refractivity contribution in [1.82, 2.24) is 5.32 Å². The predicted molar refractivity (Wildman–Crippen MR) is 300 cm³/mol. The second kappa shape index (κ2) is 47.1. The van der Waals surface area contributed by atoms with Gasteiger partial charge in [0.1, 0.15) is 48.8 Å². The quantitative estimate of drug-likeness (QED) is 0.0204. The van der Waals surface area contributed by atoms with Gasteiger partial charge in [0.05, 0.1) is 32.0 Å². The lowest BCUT2D eigenvalue weighted by molar-refractivity contribution is -0.359. The van der Waals surface area contributed by atoms with Gasteiger partial charge in [-0.1, -0.05) is 224 Å². The second-order valence-corrected chi connectivity index (χ2v) is 21.8. The van der Waals surface area contributed by atoms with Crippen LogP contribution in [-0.2, 0) is 23.7 Å². The average Bonchev–Trinajstić information content (AvgIpc) is 3.41. The maximum Gasteiger partial charge on any atom is 0.220 e. The molecule has 2 rings (SSSR count). The molecule has 12 unspecified atom stereocenters. The highest BCUT2D eigenvalue weighted by molar-refractivity contribution is 5.76. The zero-order valence-electron chi connectivity index (χ0n) is 47.3. The topological polar surface area (TPSA) is 228 Å². The Morgan fingerprint density at radius 3 is 1.31 bits per heavy atom. The Morgan fingerprint density at radius 2 is 0.853 bits per heavy atom. The van der Waals surface area contributed by atoms with Gasteiger partial charge in [-0.15, -0.1) is 0 Å². The molecule has 0 aliphatic carbocycles. The van der Waals surface area contributed by atoms with Gasteiger partial charge in [0, 0.05) is 6.42 Å². The Labute approximate surface area is 455 Å². The SMILES string of the molecule is CCCCCCCC/C=C\CCCCCCCC(=O)NC(COC1OC(CO)C(OC2OC(CO)C(O)C(O)C2O)C(O)C1O)C(O)/C=C/CC/C=C/CCCCCCCCCCCCCCCCCCCCCC. The number of rotatable bonds is 49. The van der Waals surface area contributed by atoms with Crippen molar-refractivity contribution in [2.24, 2.45) is 0 Å². The highest BCUT2D eigenvalue weighted by atomic mass is 16.7. The summed E-state index contributed by atoms with van der Waals surface area (Å²) in [6, 6.07) is -0.935. The van der Waals surface area contributed by atoms with Crippen molar-refractivity contribution in [1.29, 1.82) is 0 Å². The molecule has 0 aromatic rings. The number of nitrogens with one attached hydrogen (secondary N) is 1. The van der Waals surface area contributed by atoms with Crippen LogP contribution in [-0.4, -0.2) is 140 Å². The molecule has 0 aromatic carbocycles. The van der Waals surface area contributed by atoms with Crippen LogP contribution in [0.25, 0.3) is 0 Å². The summed E-state index contributed by atoms with van der Waals surface area (Å²) in [6.07, 6.45) is 40.5. The van der Waals surface area contributed by atoms with Gasteiger partial charge >= 0.3 is 0 Å². The fourth-order valence-corrected chi connectivity index (χ4v) is 10.1. The number of unbranched alkanes of at least 4 members (excludes halogenated alkanes) is 32. The van der Waals surface area contributed by atoms with E-state index in [1.807, 2.05) is 6.08 Å². The van der Waals surface area contributed by atoms with Crippen LogP contribution < -0.4 is 5.32 Å². The highest BCUT2D eigenvalue weighted by Crippen LogP contribution is 2.30. The summed E-state index contributed by atoms with van der Waals surface area (Å²) in [5.41, 5.74) is 0. The van der Waals surface area contributed by atoms with E-state index in [1.165, 1.54) is 167 Å². The van der Waals surface area contributed by atoms with Gasteiger partial charge in [0.25, 0.3) is 0 Å². The highest BCUT2D eigenvalue weighted by Gasteiger charge is 2.51. The maximum atomic E-state index is 13.2. The van der Waals surface area contributed by atoms with Crippen LogP contribution in [0.15, 0.2) is 36.5 Å². The standard InChI is InChI=1S/C61H113NO13/c1-3-5-7-9-11-13-15-17-19-20-21-22-23-24-25-26-27-28-29-31-32-34-36-38-40-42-44-50(65)49(62-53(66)45-43-41-39-37-35-33-30-18-16-14-12-10-8-6-4-2)48-72-60-58(71)56(69)59(52(47-64)74-60)75-61-57(70)55(68)54(67)51(46-63)73-61/h18,30,34,36,42,44,49-52,54-61,63-65,67-71H,3-17,19-29,31-33,35,37-41,43,45-48H2,1-2H3,(H,62,66)/b30-18-,36-34+,44-42+. The normalized spacial score (nSPS) is 25.3. The first-order chi connectivity index (χ1) is 36.6. The third-order valence-electron chi connectivity index (χ3n) is 15.0. The van der Waals surface area contributed by atoms with E-state index in [9.17, 15) is 45.6 Å². The van der Waals surface area contributed by atoms with Crippen molar-refractivity contribution in [3.8, 4) is 0 Å². The Bertz CT molecular complexity index is 1400. The molecule has 9 N–H and O–H groups in total. The van der Waals surface area contributed by atoms with Crippen LogP contribution in [0, 0.1) is 0 Å². The number of amides is 1. The van der Waals surface area contributed by atoms with E-state index in [-0.39, 0.29) is 18.9 Å². The van der Waals surface area contributed by atoms with E-state index < -0.39 is 86.8 Å². The van der Waals surface area contributed by atoms with E-state index in [0.29, 0.717) is 12.8 Å². The molecular weight excluding hydrogens is 955 g/mol. The molecule has 1 amide bonds. The Kier molecular flexibility index (Phi) is 43.5. The number of carbonyl (C=O) groups is 1. The third kappa shape index (κ3) is 32.8. The molecule has 75 heavy (non-hydrogen) atoms. The van der Waals surface area contributed by atoms with Crippen molar-refractivity contribution in [2.45, 2.75) is 325 Å². The lowest BCUT2D eigenvalue weighted by Crippen LogP contribution is -2.65. The van der Waals surface area contributed by atoms with Crippen molar-refractivity contribution in [2.75, 3.05) is 19.8 Å². The summed E-state index contributed by atoms with van der Waals surface area (Å²) < 4.78 is 22.8. The summed E-state index contributed by atoms with van der Waals surface area (Å²) in [6.45, 7) is 2.78. The number of aliphatic hydroxyl groups is 8. The van der Waals surface area contributed by atoms with Gasteiger partial charge in [0.2, 0.25) is 5.91 Å². The molecule has 2 fully saturated rings. The molecule has 14 heteroatoms. The van der Waals surface area contributed by atoms with Crippen LogP contribution >= 0.6 is 0 Å². The van der Waals surface area contributed by atoms with Crippen molar-refractivity contribution in [3.63, 3.8) is 0 Å². The molecule has 2 aliphatic heterocycles. The van der Waals surface area contributed by atoms with E-state index in [4.69, 9.17) is 18.9 Å². The summed E-state index contributed by atoms with van der Waals surface area (Å²) >= 11 is 0. The van der Waals surface area contributed by atoms with Crippen LogP contribution in [0.4, 0.5) is 0 Å². The number of ether oxygens (including phenoxy) is 4. The first kappa shape index (κ1) is 69.3. The number of allylic oxidation sites excluding steroid dienone is 5. The molecule has 0 bridgehead atoms. The fraction of sp³-hybridized carbons (Fsp3) is 0.885. The maximum absolute atomic E-state index is 13.2. The summed E-state index contributed by atoms with van der Waals surface area (Å²) in [4.78, 5) is 13.2. The van der Waals surface area contributed by atoms with E-state index in [2.05, 4.69) is 43.5 Å². The van der Waals surface area contributed by atoms with Gasteiger partial charge in [0.15, 0.2) is 12.6 Å².